The van der Waals surface area contributed by atoms with Crippen molar-refractivity contribution < 1.29 is 9.15 Å². The lowest BCUT2D eigenvalue weighted by atomic mass is 10.1. The first kappa shape index (κ1) is 11.7. The molecule has 1 aromatic carbocycles. The molecule has 1 aromatic heterocycles. The van der Waals surface area contributed by atoms with Crippen LogP contribution >= 0.6 is 0 Å². The molecule has 2 aromatic rings. The summed E-state index contributed by atoms with van der Waals surface area (Å²) in [6.45, 7) is 4.39. The van der Waals surface area contributed by atoms with Crippen LogP contribution < -0.4 is 4.74 Å². The lowest BCUT2D eigenvalue weighted by molar-refractivity contribution is 0.249. The Hall–Kier alpha value is -1.77. The Morgan fingerprint density at radius 3 is 2.65 bits per heavy atom. The normalized spacial score (nSPS) is 10.5. The lowest BCUT2D eigenvalue weighted by Crippen LogP contribution is -1.97. The van der Waals surface area contributed by atoms with Crippen molar-refractivity contribution in [3.63, 3.8) is 0 Å². The van der Waals surface area contributed by atoms with E-state index in [1.807, 2.05) is 32.0 Å². The van der Waals surface area contributed by atoms with Gasteiger partial charge in [0.05, 0.1) is 6.61 Å². The fourth-order valence-corrected chi connectivity index (χ4v) is 1.76. The van der Waals surface area contributed by atoms with Crippen molar-refractivity contribution in [3.05, 3.63) is 47.5 Å². The van der Waals surface area contributed by atoms with E-state index >= 15 is 0 Å². The van der Waals surface area contributed by atoms with E-state index in [1.54, 1.807) is 0 Å². The van der Waals surface area contributed by atoms with Gasteiger partial charge in [0.25, 0.3) is 0 Å². The quantitative estimate of drug-likeness (QED) is 0.792. The van der Waals surface area contributed by atoms with Gasteiger partial charge in [-0.2, -0.15) is 0 Å². The second kappa shape index (κ2) is 5.53. The van der Waals surface area contributed by atoms with Crippen LogP contribution in [-0.4, -0.2) is 11.6 Å². The zero-order valence-electron chi connectivity index (χ0n) is 10.3. The van der Waals surface area contributed by atoms with Crippen molar-refractivity contribution in [2.45, 2.75) is 26.7 Å². The minimum absolute atomic E-state index is 0.570. The highest BCUT2D eigenvalue weighted by Crippen LogP contribution is 2.21. The summed E-state index contributed by atoms with van der Waals surface area (Å²) in [7, 11) is 0. The summed E-state index contributed by atoms with van der Waals surface area (Å²) in [5.41, 5.74) is 2.21. The molecule has 2 rings (SSSR count). The molecule has 0 amide bonds. The van der Waals surface area contributed by atoms with Gasteiger partial charge < -0.3 is 9.15 Å². The fourth-order valence-electron chi connectivity index (χ4n) is 1.76. The summed E-state index contributed by atoms with van der Waals surface area (Å²) in [5, 5.41) is 0. The van der Waals surface area contributed by atoms with Crippen LogP contribution in [0.2, 0.25) is 0 Å². The first-order valence-corrected chi connectivity index (χ1v) is 5.92. The number of hydrogen-bond acceptors (Lipinski definition) is 3. The minimum atomic E-state index is 0.570. The van der Waals surface area contributed by atoms with Gasteiger partial charge in [-0.25, -0.2) is 4.98 Å². The van der Waals surface area contributed by atoms with Crippen LogP contribution in [0.4, 0.5) is 0 Å². The molecular formula is C14H17NO2. The van der Waals surface area contributed by atoms with E-state index in [0.29, 0.717) is 18.4 Å². The second-order valence-corrected chi connectivity index (χ2v) is 3.89. The number of benzene rings is 1. The lowest BCUT2D eigenvalue weighted by Gasteiger charge is -2.01. The van der Waals surface area contributed by atoms with Crippen LogP contribution in [0.5, 0.6) is 5.95 Å². The van der Waals surface area contributed by atoms with Crippen LogP contribution in [0.3, 0.4) is 0 Å². The molecule has 0 aliphatic heterocycles. The molecule has 3 nitrogen and oxygen atoms in total. The highest BCUT2D eigenvalue weighted by molar-refractivity contribution is 5.20. The first-order valence-electron chi connectivity index (χ1n) is 5.92. The molecule has 90 valence electrons. The molecule has 0 saturated heterocycles. The van der Waals surface area contributed by atoms with Crippen molar-refractivity contribution in [2.75, 3.05) is 6.61 Å². The van der Waals surface area contributed by atoms with Gasteiger partial charge in [-0.1, -0.05) is 30.3 Å². The molecule has 0 N–H and O–H groups in total. The molecule has 0 spiro atoms. The number of hydrogen-bond donors (Lipinski definition) is 0. The minimum Gasteiger partial charge on any atom is -0.464 e. The zero-order chi connectivity index (χ0) is 12.1. The molecule has 0 fully saturated rings. The van der Waals surface area contributed by atoms with Gasteiger partial charge in [0.15, 0.2) is 5.89 Å². The van der Waals surface area contributed by atoms with Crippen LogP contribution in [0.1, 0.15) is 24.1 Å². The zero-order valence-corrected chi connectivity index (χ0v) is 10.3. The SMILES string of the molecule is CCOc1oc(C)nc1CCc1ccccc1. The van der Waals surface area contributed by atoms with Crippen LogP contribution in [0.15, 0.2) is 34.7 Å². The Bertz CT molecular complexity index is 462. The fraction of sp³-hybridized carbons (Fsp3) is 0.357. The van der Waals surface area contributed by atoms with Gasteiger partial charge in [-0.3, -0.25) is 0 Å². The Morgan fingerprint density at radius 2 is 1.94 bits per heavy atom. The van der Waals surface area contributed by atoms with E-state index in [9.17, 15) is 0 Å². The largest absolute Gasteiger partial charge is 0.464 e. The number of nitrogens with zero attached hydrogens (tertiary/aromatic N) is 1. The van der Waals surface area contributed by atoms with Crippen molar-refractivity contribution in [1.82, 2.24) is 4.98 Å². The molecule has 1 heterocycles. The van der Waals surface area contributed by atoms with Gasteiger partial charge in [-0.15, -0.1) is 0 Å². The van der Waals surface area contributed by atoms with Crippen molar-refractivity contribution in [3.8, 4) is 5.95 Å². The predicted octanol–water partition coefficient (Wildman–Crippen LogP) is 3.17. The maximum atomic E-state index is 5.42. The molecule has 0 aliphatic carbocycles. The summed E-state index contributed by atoms with van der Waals surface area (Å²) in [4.78, 5) is 4.35. The van der Waals surface area contributed by atoms with Crippen molar-refractivity contribution in [1.29, 1.82) is 0 Å². The third kappa shape index (κ3) is 3.09. The summed E-state index contributed by atoms with van der Waals surface area (Å²) < 4.78 is 10.8. The topological polar surface area (TPSA) is 35.3 Å². The van der Waals surface area contributed by atoms with Crippen molar-refractivity contribution >= 4 is 0 Å². The number of aromatic nitrogens is 1. The average Bonchev–Trinajstić information content (AvgIpc) is 2.69. The highest BCUT2D eigenvalue weighted by atomic mass is 16.6. The maximum Gasteiger partial charge on any atom is 0.308 e. The van der Waals surface area contributed by atoms with Crippen LogP contribution in [0.25, 0.3) is 0 Å². The van der Waals surface area contributed by atoms with Gasteiger partial charge >= 0.3 is 5.95 Å². The third-order valence-electron chi connectivity index (χ3n) is 2.54. The Morgan fingerprint density at radius 1 is 1.18 bits per heavy atom. The molecular weight excluding hydrogens is 214 g/mol. The first-order chi connectivity index (χ1) is 8.29. The Kier molecular flexibility index (Phi) is 3.81. The molecule has 0 atom stereocenters. The smallest absolute Gasteiger partial charge is 0.308 e. The summed E-state index contributed by atoms with van der Waals surface area (Å²) >= 11 is 0. The molecule has 0 saturated carbocycles. The Balaban J connectivity index is 2.03. The average molecular weight is 231 g/mol. The van der Waals surface area contributed by atoms with Crippen LogP contribution in [-0.2, 0) is 12.8 Å². The Labute approximate surface area is 101 Å². The van der Waals surface area contributed by atoms with Gasteiger partial charge in [-0.05, 0) is 18.9 Å². The monoisotopic (exact) mass is 231 g/mol. The van der Waals surface area contributed by atoms with E-state index in [4.69, 9.17) is 9.15 Å². The molecule has 0 bridgehead atoms. The van der Waals surface area contributed by atoms with E-state index in [-0.39, 0.29) is 0 Å². The van der Waals surface area contributed by atoms with E-state index < -0.39 is 0 Å². The molecule has 17 heavy (non-hydrogen) atoms. The summed E-state index contributed by atoms with van der Waals surface area (Å²) in [6, 6.07) is 10.4. The standard InChI is InChI=1S/C14H17NO2/c1-3-16-14-13(15-11(2)17-14)10-9-12-7-5-4-6-8-12/h4-8H,3,9-10H2,1-2H3. The van der Waals surface area contributed by atoms with Crippen LogP contribution in [0, 0.1) is 6.92 Å². The maximum absolute atomic E-state index is 5.42. The van der Waals surface area contributed by atoms with Gasteiger partial charge in [0.2, 0.25) is 0 Å². The van der Waals surface area contributed by atoms with Gasteiger partial charge in [0, 0.05) is 13.3 Å². The number of oxazole rings is 1. The molecule has 3 heteroatoms. The molecule has 0 unspecified atom stereocenters. The molecule has 0 radical (unpaired) electrons. The van der Waals surface area contributed by atoms with E-state index in [1.165, 1.54) is 5.56 Å². The number of ether oxygens (including phenoxy) is 1. The summed E-state index contributed by atoms with van der Waals surface area (Å²) in [5.74, 6) is 1.23. The number of rotatable bonds is 5. The van der Waals surface area contributed by atoms with Gasteiger partial charge in [0.1, 0.15) is 5.69 Å². The number of aryl methyl sites for hydroxylation is 3. The van der Waals surface area contributed by atoms with Crippen molar-refractivity contribution in [2.24, 2.45) is 0 Å². The second-order valence-electron chi connectivity index (χ2n) is 3.89. The molecule has 0 aliphatic rings. The predicted molar refractivity (Wildman–Crippen MR) is 66.3 cm³/mol. The van der Waals surface area contributed by atoms with E-state index in [0.717, 1.165) is 18.5 Å². The third-order valence-corrected chi connectivity index (χ3v) is 2.54. The van der Waals surface area contributed by atoms with E-state index in [2.05, 4.69) is 17.1 Å². The highest BCUT2D eigenvalue weighted by Gasteiger charge is 2.11. The summed E-state index contributed by atoms with van der Waals surface area (Å²) in [6.07, 6.45) is 1.80.